The average molecular weight is 549 g/mol. The highest BCUT2D eigenvalue weighted by Crippen LogP contribution is 2.31. The van der Waals surface area contributed by atoms with Crippen molar-refractivity contribution in [1.82, 2.24) is 14.5 Å². The lowest BCUT2D eigenvalue weighted by molar-refractivity contribution is 0.145. The highest BCUT2D eigenvalue weighted by atomic mass is 35.5. The van der Waals surface area contributed by atoms with Crippen LogP contribution < -0.4 is 9.92 Å². The Balaban J connectivity index is 1.85. The number of para-hydroxylation sites is 1. The molecule has 2 aromatic carbocycles. The predicted molar refractivity (Wildman–Crippen MR) is 136 cm³/mol. The molecule has 9 nitrogen and oxygen atoms in total. The molecule has 0 atom stereocenters. The van der Waals surface area contributed by atoms with Crippen molar-refractivity contribution in [2.75, 3.05) is 0 Å². The summed E-state index contributed by atoms with van der Waals surface area (Å²) < 4.78 is 39.0. The molecule has 0 saturated carbocycles. The molecular weight excluding hydrogens is 527 g/mol. The van der Waals surface area contributed by atoms with E-state index < -0.39 is 16.2 Å². The fraction of sp³-hybridized carbons (Fsp3) is 0.208. The van der Waals surface area contributed by atoms with Crippen LogP contribution in [0.3, 0.4) is 0 Å². The van der Waals surface area contributed by atoms with Crippen LogP contribution in [0.25, 0.3) is 10.9 Å². The summed E-state index contributed by atoms with van der Waals surface area (Å²) in [5, 5.41) is 1.11. The molecule has 0 unspecified atom stereocenters. The van der Waals surface area contributed by atoms with Crippen LogP contribution in [-0.2, 0) is 28.0 Å². The second-order valence-electron chi connectivity index (χ2n) is 8.25. The van der Waals surface area contributed by atoms with E-state index in [2.05, 4.69) is 9.97 Å². The molecular formula is C24H22Cl2N4O5S. The molecule has 0 fully saturated rings. The molecule has 2 aromatic heterocycles. The zero-order valence-electron chi connectivity index (χ0n) is 19.3. The number of halogens is 2. The molecule has 0 radical (unpaired) electrons. The number of ether oxygens (including phenoxy) is 1. The van der Waals surface area contributed by atoms with Crippen LogP contribution in [0.2, 0.25) is 10.0 Å². The van der Waals surface area contributed by atoms with Crippen LogP contribution in [0, 0.1) is 0 Å². The molecule has 0 aliphatic rings. The second-order valence-corrected chi connectivity index (χ2v) is 10.6. The number of hydrogen-bond donors (Lipinski definition) is 1. The Kier molecular flexibility index (Phi) is 7.39. The molecule has 2 heterocycles. The van der Waals surface area contributed by atoms with Gasteiger partial charge < -0.3 is 19.2 Å². The van der Waals surface area contributed by atoms with Crippen LogP contribution in [0.5, 0.6) is 5.75 Å². The molecule has 2 N–H and O–H groups in total. The molecule has 0 saturated heterocycles. The number of carbonyl (C=O) groups excluding carboxylic acids is 1. The van der Waals surface area contributed by atoms with E-state index in [0.29, 0.717) is 5.56 Å². The van der Waals surface area contributed by atoms with Crippen LogP contribution in [-0.4, -0.2) is 29.0 Å². The van der Waals surface area contributed by atoms with Gasteiger partial charge in [-0.2, -0.15) is 8.42 Å². The number of amides is 1. The quantitative estimate of drug-likeness (QED) is 0.297. The average Bonchev–Trinajstić information content (AvgIpc) is 3.16. The van der Waals surface area contributed by atoms with Crippen LogP contribution in [0.1, 0.15) is 36.8 Å². The van der Waals surface area contributed by atoms with Crippen molar-refractivity contribution in [3.8, 4) is 5.75 Å². The van der Waals surface area contributed by atoms with Crippen molar-refractivity contribution in [3.05, 3.63) is 81.9 Å². The van der Waals surface area contributed by atoms with Gasteiger partial charge in [-0.1, -0.05) is 55.2 Å². The number of fused-ring (bicyclic) bond motifs is 1. The third-order valence-corrected chi connectivity index (χ3v) is 6.93. The van der Waals surface area contributed by atoms with Gasteiger partial charge in [-0.25, -0.2) is 9.78 Å². The summed E-state index contributed by atoms with van der Waals surface area (Å²) in [5.74, 6) is -0.196. The van der Waals surface area contributed by atoms with Crippen molar-refractivity contribution in [1.29, 1.82) is 0 Å². The van der Waals surface area contributed by atoms with E-state index in [1.165, 1.54) is 22.8 Å². The van der Waals surface area contributed by atoms with E-state index in [1.807, 2.05) is 30.3 Å². The highest BCUT2D eigenvalue weighted by Gasteiger charge is 2.32. The summed E-state index contributed by atoms with van der Waals surface area (Å²) in [6.45, 7) is 3.30. The van der Waals surface area contributed by atoms with Gasteiger partial charge in [0.15, 0.2) is 11.6 Å². The zero-order valence-corrected chi connectivity index (χ0v) is 21.6. The van der Waals surface area contributed by atoms with Gasteiger partial charge in [-0.15, -0.1) is 0 Å². The second kappa shape index (κ2) is 10.3. The number of aromatic nitrogens is 3. The fourth-order valence-electron chi connectivity index (χ4n) is 3.68. The Bertz CT molecular complexity index is 1530. The van der Waals surface area contributed by atoms with E-state index in [4.69, 9.17) is 37.9 Å². The number of pyridine rings is 1. The van der Waals surface area contributed by atoms with Crippen molar-refractivity contribution < 1.29 is 22.1 Å². The number of rotatable bonds is 8. The Morgan fingerprint density at radius 3 is 2.47 bits per heavy atom. The van der Waals surface area contributed by atoms with Crippen LogP contribution in [0.4, 0.5) is 4.79 Å². The minimum Gasteiger partial charge on any atom is -0.442 e. The molecule has 0 spiro atoms. The Hall–Kier alpha value is -3.34. The summed E-state index contributed by atoms with van der Waals surface area (Å²) in [6.07, 6.45) is 0.627. The summed E-state index contributed by atoms with van der Waals surface area (Å²) in [7, 11) is -4.44. The van der Waals surface area contributed by atoms with Gasteiger partial charge in [0.05, 0.1) is 17.8 Å². The lowest BCUT2D eigenvalue weighted by atomic mass is 10.1. The topological polar surface area (TPSA) is 126 Å². The number of primary amides is 1. The van der Waals surface area contributed by atoms with Gasteiger partial charge in [0.2, 0.25) is 0 Å². The first-order valence-corrected chi connectivity index (χ1v) is 13.0. The van der Waals surface area contributed by atoms with Crippen molar-refractivity contribution >= 4 is 50.3 Å². The first-order chi connectivity index (χ1) is 17.0. The van der Waals surface area contributed by atoms with Gasteiger partial charge in [-0.05, 0) is 29.7 Å². The molecule has 0 aliphatic heterocycles. The Labute approximate surface area is 217 Å². The maximum absolute atomic E-state index is 13.6. The largest absolute Gasteiger partial charge is 0.442 e. The molecule has 4 aromatic rings. The van der Waals surface area contributed by atoms with E-state index in [9.17, 15) is 13.2 Å². The number of imidazole rings is 1. The number of carbonyl (C=O) groups is 1. The molecule has 12 heteroatoms. The first-order valence-electron chi connectivity index (χ1n) is 10.8. The third-order valence-electron chi connectivity index (χ3n) is 5.18. The Morgan fingerprint density at radius 2 is 1.81 bits per heavy atom. The fourth-order valence-corrected chi connectivity index (χ4v) is 5.59. The maximum Gasteiger partial charge on any atom is 0.404 e. The lowest BCUT2D eigenvalue weighted by Crippen LogP contribution is -2.20. The van der Waals surface area contributed by atoms with Crippen LogP contribution in [0.15, 0.2) is 59.8 Å². The van der Waals surface area contributed by atoms with E-state index >= 15 is 0 Å². The van der Waals surface area contributed by atoms with Gasteiger partial charge in [-0.3, -0.25) is 4.98 Å². The summed E-state index contributed by atoms with van der Waals surface area (Å²) in [4.78, 5) is 20.2. The summed E-state index contributed by atoms with van der Waals surface area (Å²) >= 11 is 12.0. The van der Waals surface area contributed by atoms with Crippen molar-refractivity contribution in [2.45, 2.75) is 37.9 Å². The minimum atomic E-state index is -4.44. The van der Waals surface area contributed by atoms with E-state index in [1.54, 1.807) is 20.0 Å². The molecule has 0 aliphatic carbocycles. The number of benzene rings is 2. The SMILES string of the molecule is CC(C)c1nc(COC(N)=O)n(Cc2cnc3ccccc3c2)c1S(=O)(=O)Oc1cc(Cl)cc(Cl)c1. The number of nitrogens with two attached hydrogens (primary N) is 1. The summed E-state index contributed by atoms with van der Waals surface area (Å²) in [6, 6.07) is 13.6. The molecule has 36 heavy (non-hydrogen) atoms. The van der Waals surface area contributed by atoms with Gasteiger partial charge >= 0.3 is 16.2 Å². The summed E-state index contributed by atoms with van der Waals surface area (Å²) in [5.41, 5.74) is 6.88. The molecule has 0 bridgehead atoms. The predicted octanol–water partition coefficient (Wildman–Crippen LogP) is 5.27. The lowest BCUT2D eigenvalue weighted by Gasteiger charge is -2.15. The first kappa shape index (κ1) is 25.7. The number of nitrogens with zero attached hydrogens (tertiary/aromatic N) is 3. The molecule has 4 rings (SSSR count). The molecule has 188 valence electrons. The zero-order chi connectivity index (χ0) is 26.0. The maximum atomic E-state index is 13.6. The van der Waals surface area contributed by atoms with Gasteiger partial charge in [0, 0.05) is 33.8 Å². The number of hydrogen-bond acceptors (Lipinski definition) is 7. The van der Waals surface area contributed by atoms with Crippen LogP contribution >= 0.6 is 23.2 Å². The van der Waals surface area contributed by atoms with E-state index in [0.717, 1.165) is 10.9 Å². The smallest absolute Gasteiger partial charge is 0.404 e. The highest BCUT2D eigenvalue weighted by molar-refractivity contribution is 7.87. The Morgan fingerprint density at radius 1 is 1.11 bits per heavy atom. The normalized spacial score (nSPS) is 11.7. The monoisotopic (exact) mass is 548 g/mol. The third kappa shape index (κ3) is 5.72. The van der Waals surface area contributed by atoms with E-state index in [-0.39, 0.29) is 51.4 Å². The van der Waals surface area contributed by atoms with Gasteiger partial charge in [0.25, 0.3) is 0 Å². The van der Waals surface area contributed by atoms with Crippen molar-refractivity contribution in [2.24, 2.45) is 5.73 Å². The van der Waals surface area contributed by atoms with Gasteiger partial charge in [0.1, 0.15) is 11.6 Å². The minimum absolute atomic E-state index is 0.0581. The molecule has 1 amide bonds. The van der Waals surface area contributed by atoms with Crippen molar-refractivity contribution in [3.63, 3.8) is 0 Å². The standard InChI is InChI=1S/C24H22Cl2N4O5S/c1-14(2)22-23(36(32,33)35-19-9-17(25)8-18(26)10-19)30(21(29-22)13-34-24(27)31)12-15-7-16-5-3-4-6-20(16)28-11-15/h3-11,14H,12-13H2,1-2H3,(H2,27,31).